The molecule has 0 amide bonds. The van der Waals surface area contributed by atoms with E-state index in [1.54, 1.807) is 0 Å². The molecule has 0 radical (unpaired) electrons. The molecule has 1 rings (SSSR count). The lowest BCUT2D eigenvalue weighted by molar-refractivity contribution is 0.150. The molecule has 3 heteroatoms. The third-order valence-electron chi connectivity index (χ3n) is 2.71. The van der Waals surface area contributed by atoms with Crippen LogP contribution in [-0.4, -0.2) is 35.7 Å². The Hall–Kier alpha value is -0.590. The largest absolute Gasteiger partial charge is 0.395 e. The summed E-state index contributed by atoms with van der Waals surface area (Å²) in [6.45, 7) is 5.88. The summed E-state index contributed by atoms with van der Waals surface area (Å²) in [6.07, 6.45) is 2.05. The molecule has 0 heterocycles. The van der Waals surface area contributed by atoms with Crippen molar-refractivity contribution in [2.24, 2.45) is 5.41 Å². The second kappa shape index (κ2) is 4.08. The molecule has 74 valence electrons. The molecule has 1 aliphatic rings. The van der Waals surface area contributed by atoms with Gasteiger partial charge in [-0.1, -0.05) is 0 Å². The molecule has 1 N–H and O–H groups in total. The van der Waals surface area contributed by atoms with Crippen LogP contribution in [0, 0.1) is 16.7 Å². The quantitative estimate of drug-likeness (QED) is 0.689. The molecule has 13 heavy (non-hydrogen) atoms. The Labute approximate surface area is 80.0 Å². The SMILES string of the molecule is CC(C)N(CCO)CC1(C#N)CC1. The number of hydrogen-bond donors (Lipinski definition) is 1. The number of aliphatic hydroxyl groups is 1. The maximum atomic E-state index is 8.92. The lowest BCUT2D eigenvalue weighted by Gasteiger charge is -2.27. The molecule has 1 saturated carbocycles. The van der Waals surface area contributed by atoms with Crippen LogP contribution in [0.2, 0.25) is 0 Å². The fourth-order valence-corrected chi connectivity index (χ4v) is 1.49. The van der Waals surface area contributed by atoms with Crippen molar-refractivity contribution < 1.29 is 5.11 Å². The summed E-state index contributed by atoms with van der Waals surface area (Å²) in [5.74, 6) is 0. The van der Waals surface area contributed by atoms with Crippen molar-refractivity contribution in [2.45, 2.75) is 32.7 Å². The second-order valence-electron chi connectivity index (χ2n) is 4.18. The van der Waals surface area contributed by atoms with E-state index in [0.29, 0.717) is 12.6 Å². The smallest absolute Gasteiger partial charge is 0.0703 e. The number of aliphatic hydroxyl groups excluding tert-OH is 1. The van der Waals surface area contributed by atoms with E-state index < -0.39 is 0 Å². The minimum Gasteiger partial charge on any atom is -0.395 e. The Kier molecular flexibility index (Phi) is 3.29. The van der Waals surface area contributed by atoms with E-state index in [1.165, 1.54) is 0 Å². The molecule has 0 aliphatic heterocycles. The van der Waals surface area contributed by atoms with Gasteiger partial charge in [-0.05, 0) is 26.7 Å². The summed E-state index contributed by atoms with van der Waals surface area (Å²) in [5, 5.41) is 17.8. The normalized spacial score (nSPS) is 19.1. The minimum atomic E-state index is -0.0839. The van der Waals surface area contributed by atoms with Crippen LogP contribution in [0.25, 0.3) is 0 Å². The van der Waals surface area contributed by atoms with Crippen LogP contribution in [0.4, 0.5) is 0 Å². The maximum absolute atomic E-state index is 8.92. The summed E-state index contributed by atoms with van der Waals surface area (Å²) in [5.41, 5.74) is -0.0839. The predicted octanol–water partition coefficient (Wildman–Crippen LogP) is 0.993. The summed E-state index contributed by atoms with van der Waals surface area (Å²) < 4.78 is 0. The zero-order valence-corrected chi connectivity index (χ0v) is 8.45. The fourth-order valence-electron chi connectivity index (χ4n) is 1.49. The van der Waals surface area contributed by atoms with Crippen molar-refractivity contribution in [3.05, 3.63) is 0 Å². The highest BCUT2D eigenvalue weighted by molar-refractivity contribution is 5.11. The average Bonchev–Trinajstić information content (AvgIpc) is 2.85. The van der Waals surface area contributed by atoms with E-state index in [-0.39, 0.29) is 12.0 Å². The summed E-state index contributed by atoms with van der Waals surface area (Å²) >= 11 is 0. The molecule has 0 saturated heterocycles. The molecule has 1 aliphatic carbocycles. The zero-order chi connectivity index (χ0) is 9.90. The molecular formula is C10H18N2O. The van der Waals surface area contributed by atoms with Crippen molar-refractivity contribution >= 4 is 0 Å². The molecule has 0 aromatic heterocycles. The standard InChI is InChI=1S/C10H18N2O/c1-9(2)12(5-6-13)8-10(7-11)3-4-10/h9,13H,3-6,8H2,1-2H3. The highest BCUT2D eigenvalue weighted by Gasteiger charge is 2.44. The topological polar surface area (TPSA) is 47.3 Å². The van der Waals surface area contributed by atoms with E-state index >= 15 is 0 Å². The molecule has 0 bridgehead atoms. The van der Waals surface area contributed by atoms with Crippen LogP contribution in [0.15, 0.2) is 0 Å². The van der Waals surface area contributed by atoms with Gasteiger partial charge in [0.2, 0.25) is 0 Å². The summed E-state index contributed by atoms with van der Waals surface area (Å²) in [7, 11) is 0. The third kappa shape index (κ3) is 2.68. The van der Waals surface area contributed by atoms with E-state index in [1.807, 2.05) is 0 Å². The Morgan fingerprint density at radius 1 is 1.54 bits per heavy atom. The van der Waals surface area contributed by atoms with Crippen molar-refractivity contribution in [3.63, 3.8) is 0 Å². The van der Waals surface area contributed by atoms with Gasteiger partial charge in [-0.2, -0.15) is 5.26 Å². The lowest BCUT2D eigenvalue weighted by atomic mass is 10.1. The van der Waals surface area contributed by atoms with Gasteiger partial charge in [0.15, 0.2) is 0 Å². The van der Waals surface area contributed by atoms with Crippen LogP contribution >= 0.6 is 0 Å². The fraction of sp³-hybridized carbons (Fsp3) is 0.900. The van der Waals surface area contributed by atoms with Crippen LogP contribution in [-0.2, 0) is 0 Å². The second-order valence-corrected chi connectivity index (χ2v) is 4.18. The number of rotatable bonds is 5. The predicted molar refractivity (Wildman–Crippen MR) is 51.1 cm³/mol. The first-order chi connectivity index (χ1) is 6.13. The van der Waals surface area contributed by atoms with Crippen molar-refractivity contribution in [3.8, 4) is 6.07 Å². The lowest BCUT2D eigenvalue weighted by Crippen LogP contribution is -2.37. The van der Waals surface area contributed by atoms with Crippen LogP contribution in [0.3, 0.4) is 0 Å². The first-order valence-electron chi connectivity index (χ1n) is 4.90. The third-order valence-corrected chi connectivity index (χ3v) is 2.71. The maximum Gasteiger partial charge on any atom is 0.0703 e. The van der Waals surface area contributed by atoms with E-state index in [9.17, 15) is 0 Å². The Morgan fingerprint density at radius 2 is 2.15 bits per heavy atom. The van der Waals surface area contributed by atoms with Crippen LogP contribution in [0.1, 0.15) is 26.7 Å². The van der Waals surface area contributed by atoms with Crippen LogP contribution in [0.5, 0.6) is 0 Å². The van der Waals surface area contributed by atoms with Crippen molar-refractivity contribution in [1.29, 1.82) is 5.26 Å². The molecule has 0 atom stereocenters. The Bertz CT molecular complexity index is 203. The Morgan fingerprint density at radius 3 is 2.46 bits per heavy atom. The first-order valence-corrected chi connectivity index (χ1v) is 4.90. The molecular weight excluding hydrogens is 164 g/mol. The molecule has 0 aromatic rings. The van der Waals surface area contributed by atoms with E-state index in [4.69, 9.17) is 10.4 Å². The van der Waals surface area contributed by atoms with Gasteiger partial charge < -0.3 is 5.11 Å². The number of hydrogen-bond acceptors (Lipinski definition) is 3. The van der Waals surface area contributed by atoms with Gasteiger partial charge in [0.1, 0.15) is 0 Å². The number of nitrogens with zero attached hydrogens (tertiary/aromatic N) is 2. The summed E-state index contributed by atoms with van der Waals surface area (Å²) in [4.78, 5) is 2.18. The van der Waals surface area contributed by atoms with Gasteiger partial charge in [0, 0.05) is 19.1 Å². The first kappa shape index (κ1) is 10.5. The Balaban J connectivity index is 2.43. The molecule has 1 fully saturated rings. The number of nitriles is 1. The minimum absolute atomic E-state index is 0.0839. The van der Waals surface area contributed by atoms with Crippen LogP contribution < -0.4 is 0 Å². The van der Waals surface area contributed by atoms with Crippen molar-refractivity contribution in [2.75, 3.05) is 19.7 Å². The molecule has 0 unspecified atom stereocenters. The molecule has 3 nitrogen and oxygen atoms in total. The van der Waals surface area contributed by atoms with Gasteiger partial charge in [-0.3, -0.25) is 4.90 Å². The summed E-state index contributed by atoms with van der Waals surface area (Å²) in [6, 6.07) is 2.79. The average molecular weight is 182 g/mol. The van der Waals surface area contributed by atoms with Gasteiger partial charge in [0.25, 0.3) is 0 Å². The van der Waals surface area contributed by atoms with Gasteiger partial charge >= 0.3 is 0 Å². The van der Waals surface area contributed by atoms with Gasteiger partial charge in [-0.25, -0.2) is 0 Å². The van der Waals surface area contributed by atoms with Gasteiger partial charge in [0.05, 0.1) is 18.1 Å². The highest BCUT2D eigenvalue weighted by Crippen LogP contribution is 2.45. The van der Waals surface area contributed by atoms with Gasteiger partial charge in [-0.15, -0.1) is 0 Å². The molecule has 0 aromatic carbocycles. The monoisotopic (exact) mass is 182 g/mol. The van der Waals surface area contributed by atoms with E-state index in [2.05, 4.69) is 24.8 Å². The van der Waals surface area contributed by atoms with Crippen molar-refractivity contribution in [1.82, 2.24) is 4.90 Å². The highest BCUT2D eigenvalue weighted by atomic mass is 16.3. The molecule has 0 spiro atoms. The zero-order valence-electron chi connectivity index (χ0n) is 8.45. The van der Waals surface area contributed by atoms with E-state index in [0.717, 1.165) is 19.4 Å².